The second-order valence-corrected chi connectivity index (χ2v) is 4.31. The van der Waals surface area contributed by atoms with E-state index in [1.54, 1.807) is 32.2 Å². The van der Waals surface area contributed by atoms with Crippen LogP contribution in [0.2, 0.25) is 0 Å². The van der Waals surface area contributed by atoms with Gasteiger partial charge in [-0.05, 0) is 43.7 Å². The Kier molecular flexibility index (Phi) is 6.59. The zero-order valence-corrected chi connectivity index (χ0v) is 12.0. The SMILES string of the molecule is C=CCNC(=O)C(C)Oc1ccc(OC)cc1CCN. The molecule has 5 heteroatoms. The number of carbonyl (C=O) groups is 1. The topological polar surface area (TPSA) is 73.6 Å². The van der Waals surface area contributed by atoms with Gasteiger partial charge in [0.15, 0.2) is 6.10 Å². The van der Waals surface area contributed by atoms with Crippen molar-refractivity contribution in [3.05, 3.63) is 36.4 Å². The first-order chi connectivity index (χ1) is 9.62. The number of amides is 1. The number of ether oxygens (including phenoxy) is 2. The van der Waals surface area contributed by atoms with Crippen molar-refractivity contribution < 1.29 is 14.3 Å². The average molecular weight is 278 g/mol. The van der Waals surface area contributed by atoms with Gasteiger partial charge in [0.05, 0.1) is 7.11 Å². The van der Waals surface area contributed by atoms with E-state index >= 15 is 0 Å². The van der Waals surface area contributed by atoms with Gasteiger partial charge in [-0.2, -0.15) is 0 Å². The summed E-state index contributed by atoms with van der Waals surface area (Å²) < 4.78 is 10.9. The fourth-order valence-electron chi connectivity index (χ4n) is 1.71. The van der Waals surface area contributed by atoms with E-state index in [4.69, 9.17) is 15.2 Å². The Balaban J connectivity index is 2.79. The van der Waals surface area contributed by atoms with E-state index < -0.39 is 6.10 Å². The monoisotopic (exact) mass is 278 g/mol. The number of benzene rings is 1. The van der Waals surface area contributed by atoms with E-state index in [0.717, 1.165) is 11.3 Å². The van der Waals surface area contributed by atoms with Crippen molar-refractivity contribution in [2.75, 3.05) is 20.2 Å². The van der Waals surface area contributed by atoms with Crippen molar-refractivity contribution >= 4 is 5.91 Å². The van der Waals surface area contributed by atoms with E-state index in [2.05, 4.69) is 11.9 Å². The molecular formula is C15H22N2O3. The summed E-state index contributed by atoms with van der Waals surface area (Å²) in [5, 5.41) is 2.69. The van der Waals surface area contributed by atoms with E-state index in [1.807, 2.05) is 6.07 Å². The highest BCUT2D eigenvalue weighted by Crippen LogP contribution is 2.25. The predicted octanol–water partition coefficient (Wildman–Crippen LogP) is 1.27. The van der Waals surface area contributed by atoms with Gasteiger partial charge >= 0.3 is 0 Å². The minimum absolute atomic E-state index is 0.181. The second kappa shape index (κ2) is 8.22. The number of nitrogens with two attached hydrogens (primary N) is 1. The molecule has 0 saturated carbocycles. The predicted molar refractivity (Wildman–Crippen MR) is 79.0 cm³/mol. The summed E-state index contributed by atoms with van der Waals surface area (Å²) in [4.78, 5) is 11.8. The van der Waals surface area contributed by atoms with Gasteiger partial charge in [-0.1, -0.05) is 6.08 Å². The lowest BCUT2D eigenvalue weighted by Gasteiger charge is -2.17. The maximum absolute atomic E-state index is 11.8. The highest BCUT2D eigenvalue weighted by atomic mass is 16.5. The Labute approximate surface area is 119 Å². The van der Waals surface area contributed by atoms with Crippen LogP contribution in [0.5, 0.6) is 11.5 Å². The lowest BCUT2D eigenvalue weighted by Crippen LogP contribution is -2.36. The quantitative estimate of drug-likeness (QED) is 0.702. The molecule has 110 valence electrons. The average Bonchev–Trinajstić information content (AvgIpc) is 2.46. The molecule has 1 unspecified atom stereocenters. The van der Waals surface area contributed by atoms with Crippen molar-refractivity contribution in [3.8, 4) is 11.5 Å². The molecule has 20 heavy (non-hydrogen) atoms. The molecule has 3 N–H and O–H groups in total. The molecule has 0 bridgehead atoms. The molecule has 5 nitrogen and oxygen atoms in total. The number of hydrogen-bond acceptors (Lipinski definition) is 4. The summed E-state index contributed by atoms with van der Waals surface area (Å²) in [6.45, 7) is 6.18. The Hall–Kier alpha value is -2.01. The summed E-state index contributed by atoms with van der Waals surface area (Å²) >= 11 is 0. The zero-order valence-electron chi connectivity index (χ0n) is 12.0. The van der Waals surface area contributed by atoms with Crippen LogP contribution in [0.25, 0.3) is 0 Å². The standard InChI is InChI=1S/C15H22N2O3/c1-4-9-17-15(18)11(2)20-14-6-5-13(19-3)10-12(14)7-8-16/h4-6,10-11H,1,7-9,16H2,2-3H3,(H,17,18). The Bertz CT molecular complexity index is 460. The number of rotatable bonds is 8. The van der Waals surface area contributed by atoms with Gasteiger partial charge in [0.2, 0.25) is 0 Å². The number of nitrogens with one attached hydrogen (secondary N) is 1. The van der Waals surface area contributed by atoms with Crippen molar-refractivity contribution in [1.29, 1.82) is 0 Å². The molecule has 0 saturated heterocycles. The van der Waals surface area contributed by atoms with E-state index in [-0.39, 0.29) is 5.91 Å². The van der Waals surface area contributed by atoms with Gasteiger partial charge in [-0.25, -0.2) is 0 Å². The Morgan fingerprint density at radius 3 is 2.90 bits per heavy atom. The van der Waals surface area contributed by atoms with Crippen LogP contribution in [-0.4, -0.2) is 32.2 Å². The van der Waals surface area contributed by atoms with Gasteiger partial charge < -0.3 is 20.5 Å². The van der Waals surface area contributed by atoms with Crippen LogP contribution in [0.4, 0.5) is 0 Å². The molecule has 0 aromatic heterocycles. The Morgan fingerprint density at radius 1 is 1.55 bits per heavy atom. The zero-order chi connectivity index (χ0) is 15.0. The van der Waals surface area contributed by atoms with Crippen LogP contribution in [0.1, 0.15) is 12.5 Å². The molecule has 0 aliphatic rings. The van der Waals surface area contributed by atoms with E-state index in [0.29, 0.717) is 25.3 Å². The van der Waals surface area contributed by atoms with Gasteiger partial charge in [-0.15, -0.1) is 6.58 Å². The number of hydrogen-bond donors (Lipinski definition) is 2. The lowest BCUT2D eigenvalue weighted by molar-refractivity contribution is -0.127. The summed E-state index contributed by atoms with van der Waals surface area (Å²) in [5.74, 6) is 1.21. The summed E-state index contributed by atoms with van der Waals surface area (Å²) in [6, 6.07) is 5.46. The molecule has 0 aliphatic carbocycles. The molecule has 0 heterocycles. The van der Waals surface area contributed by atoms with E-state index in [9.17, 15) is 4.79 Å². The van der Waals surface area contributed by atoms with Gasteiger partial charge in [0, 0.05) is 6.54 Å². The molecule has 1 aromatic rings. The van der Waals surface area contributed by atoms with Crippen LogP contribution in [0, 0.1) is 0 Å². The van der Waals surface area contributed by atoms with Gasteiger partial charge in [-0.3, -0.25) is 4.79 Å². The van der Waals surface area contributed by atoms with E-state index in [1.165, 1.54) is 0 Å². The maximum atomic E-state index is 11.8. The first-order valence-corrected chi connectivity index (χ1v) is 6.54. The minimum Gasteiger partial charge on any atom is -0.497 e. The lowest BCUT2D eigenvalue weighted by atomic mass is 10.1. The summed E-state index contributed by atoms with van der Waals surface area (Å²) in [5.41, 5.74) is 6.52. The molecule has 0 spiro atoms. The van der Waals surface area contributed by atoms with Crippen LogP contribution in [0.15, 0.2) is 30.9 Å². The third-order valence-electron chi connectivity index (χ3n) is 2.77. The highest BCUT2D eigenvalue weighted by molar-refractivity contribution is 5.80. The first-order valence-electron chi connectivity index (χ1n) is 6.54. The summed E-state index contributed by atoms with van der Waals surface area (Å²) in [7, 11) is 1.60. The number of methoxy groups -OCH3 is 1. The highest BCUT2D eigenvalue weighted by Gasteiger charge is 2.15. The fraction of sp³-hybridized carbons (Fsp3) is 0.400. The molecule has 0 fully saturated rings. The third kappa shape index (κ3) is 4.59. The molecule has 1 rings (SSSR count). The van der Waals surface area contributed by atoms with Gasteiger partial charge in [0.25, 0.3) is 5.91 Å². The molecule has 1 amide bonds. The fourth-order valence-corrected chi connectivity index (χ4v) is 1.71. The summed E-state index contributed by atoms with van der Waals surface area (Å²) in [6.07, 6.45) is 1.70. The third-order valence-corrected chi connectivity index (χ3v) is 2.77. The van der Waals surface area contributed by atoms with Crippen LogP contribution >= 0.6 is 0 Å². The van der Waals surface area contributed by atoms with Crippen LogP contribution in [0.3, 0.4) is 0 Å². The molecule has 0 aliphatic heterocycles. The van der Waals surface area contributed by atoms with Crippen LogP contribution in [-0.2, 0) is 11.2 Å². The first kappa shape index (κ1) is 16.0. The van der Waals surface area contributed by atoms with Crippen molar-refractivity contribution in [3.63, 3.8) is 0 Å². The minimum atomic E-state index is -0.583. The smallest absolute Gasteiger partial charge is 0.261 e. The Morgan fingerprint density at radius 2 is 2.30 bits per heavy atom. The molecule has 1 atom stereocenters. The van der Waals surface area contributed by atoms with Crippen molar-refractivity contribution in [2.24, 2.45) is 5.73 Å². The van der Waals surface area contributed by atoms with Crippen LogP contribution < -0.4 is 20.5 Å². The van der Waals surface area contributed by atoms with Crippen molar-refractivity contribution in [1.82, 2.24) is 5.32 Å². The largest absolute Gasteiger partial charge is 0.497 e. The van der Waals surface area contributed by atoms with Gasteiger partial charge in [0.1, 0.15) is 11.5 Å². The number of carbonyl (C=O) groups excluding carboxylic acids is 1. The normalized spacial score (nSPS) is 11.6. The maximum Gasteiger partial charge on any atom is 0.261 e. The molecule has 1 aromatic carbocycles. The van der Waals surface area contributed by atoms with Crippen molar-refractivity contribution in [2.45, 2.75) is 19.4 Å². The molecule has 0 radical (unpaired) electrons. The second-order valence-electron chi connectivity index (χ2n) is 4.31. The molecular weight excluding hydrogens is 256 g/mol.